The number of aliphatic hydroxyl groups is 11. The topological polar surface area (TPSA) is 307 Å². The Labute approximate surface area is 581 Å². The molecule has 0 saturated carbocycles. The van der Waals surface area contributed by atoms with E-state index in [9.17, 15) is 61.0 Å². The molecule has 0 aromatic carbocycles. The standard InChI is InChI=1S/C77H145NO18/c1-3-5-7-9-11-13-15-17-19-21-23-25-27-28-29-30-31-33-34-36-38-40-42-44-46-48-50-52-54-61(82)60(78-65(83)55-53-51-49-47-45-43-41-39-37-35-32-26-24-22-20-18-16-14-12-10-8-6-4-2)59-91-75-71(89)68(86)73(63(57-80)93-75)96-77-72(90)69(87)74(64(58-81)94-77)95-76-70(88)67(85)66(84)62(56-79)92-76/h44,46,52,54,60-64,66-77,79-82,84-90H,3-43,45,47-51,53,55-59H2,1-2H3,(H,78,83)/b46-44+,54-52+. The van der Waals surface area contributed by atoms with Crippen molar-refractivity contribution in [2.24, 2.45) is 0 Å². The molecule has 566 valence electrons. The Morgan fingerprint density at radius 1 is 0.365 bits per heavy atom. The fourth-order valence-electron chi connectivity index (χ4n) is 13.6. The van der Waals surface area contributed by atoms with Crippen molar-refractivity contribution in [1.29, 1.82) is 0 Å². The SMILES string of the molecule is CCCCCCCCCCCCCCCCCCCCCCCC/C=C/CC/C=C/C(O)C(COC1OC(CO)C(OC2OC(CO)C(OC3OC(CO)C(O)C(O)C3O)C(O)C2O)C(O)C1O)NC(=O)CCCCCCCCCCCCCCCCCCCCCCCCC. The van der Waals surface area contributed by atoms with Gasteiger partial charge in [0.25, 0.3) is 0 Å². The Bertz CT molecular complexity index is 1830. The van der Waals surface area contributed by atoms with Crippen LogP contribution in [0.3, 0.4) is 0 Å². The summed E-state index contributed by atoms with van der Waals surface area (Å²) < 4.78 is 34.4. The number of nitrogens with one attached hydrogen (secondary N) is 1. The van der Waals surface area contributed by atoms with Gasteiger partial charge in [0.2, 0.25) is 5.91 Å². The van der Waals surface area contributed by atoms with Gasteiger partial charge in [-0.3, -0.25) is 4.79 Å². The molecule has 3 fully saturated rings. The molecule has 3 aliphatic heterocycles. The number of allylic oxidation sites excluding steroid dienone is 3. The summed E-state index contributed by atoms with van der Waals surface area (Å²) in [7, 11) is 0. The molecule has 0 spiro atoms. The summed E-state index contributed by atoms with van der Waals surface area (Å²) in [6.07, 6.45) is 43.1. The molecule has 0 radical (unpaired) electrons. The highest BCUT2D eigenvalue weighted by molar-refractivity contribution is 5.76. The largest absolute Gasteiger partial charge is 0.394 e. The minimum atomic E-state index is -1.98. The average Bonchev–Trinajstić information content (AvgIpc) is 0.787. The first-order valence-electron chi connectivity index (χ1n) is 39.6. The fraction of sp³-hybridized carbons (Fsp3) is 0.935. The van der Waals surface area contributed by atoms with Crippen molar-refractivity contribution in [3.63, 3.8) is 0 Å². The Kier molecular flexibility index (Phi) is 54.1. The Morgan fingerprint density at radius 3 is 1.04 bits per heavy atom. The summed E-state index contributed by atoms with van der Waals surface area (Å²) in [6.45, 7) is 1.78. The van der Waals surface area contributed by atoms with E-state index in [1.807, 2.05) is 6.08 Å². The molecule has 12 N–H and O–H groups in total. The molecule has 96 heavy (non-hydrogen) atoms. The second-order valence-electron chi connectivity index (χ2n) is 28.5. The first-order valence-corrected chi connectivity index (χ1v) is 39.6. The normalized spacial score (nSPS) is 27.1. The number of rotatable bonds is 63. The van der Waals surface area contributed by atoms with Crippen LogP contribution in [0.25, 0.3) is 0 Å². The van der Waals surface area contributed by atoms with Crippen molar-refractivity contribution in [2.75, 3.05) is 26.4 Å². The van der Waals surface area contributed by atoms with Gasteiger partial charge in [-0.1, -0.05) is 314 Å². The van der Waals surface area contributed by atoms with Gasteiger partial charge in [-0.15, -0.1) is 0 Å². The molecule has 3 heterocycles. The maximum absolute atomic E-state index is 13.5. The van der Waals surface area contributed by atoms with Gasteiger partial charge in [0.15, 0.2) is 18.9 Å². The van der Waals surface area contributed by atoms with E-state index in [0.717, 1.165) is 38.5 Å². The van der Waals surface area contributed by atoms with Crippen LogP contribution >= 0.6 is 0 Å². The van der Waals surface area contributed by atoms with Gasteiger partial charge in [0.1, 0.15) is 73.2 Å². The molecular formula is C77H145NO18. The van der Waals surface area contributed by atoms with Gasteiger partial charge < -0.3 is 89.9 Å². The summed E-state index contributed by atoms with van der Waals surface area (Å²) in [4.78, 5) is 13.5. The van der Waals surface area contributed by atoms with Crippen LogP contribution in [0.15, 0.2) is 24.3 Å². The number of hydrogen-bond acceptors (Lipinski definition) is 18. The molecule has 0 aliphatic carbocycles. The van der Waals surface area contributed by atoms with E-state index in [4.69, 9.17) is 28.4 Å². The van der Waals surface area contributed by atoms with Crippen molar-refractivity contribution in [3.8, 4) is 0 Å². The minimum absolute atomic E-state index is 0.241. The van der Waals surface area contributed by atoms with Gasteiger partial charge in [0, 0.05) is 6.42 Å². The quantitative estimate of drug-likeness (QED) is 0.0199. The van der Waals surface area contributed by atoms with Crippen LogP contribution < -0.4 is 5.32 Å². The molecule has 3 saturated heterocycles. The van der Waals surface area contributed by atoms with Crippen molar-refractivity contribution < 1.29 is 89.4 Å². The third-order valence-electron chi connectivity index (χ3n) is 20.0. The van der Waals surface area contributed by atoms with E-state index < -0.39 is 124 Å². The summed E-state index contributed by atoms with van der Waals surface area (Å²) in [6, 6.07) is -0.988. The third-order valence-corrected chi connectivity index (χ3v) is 20.0. The monoisotopic (exact) mass is 1370 g/mol. The van der Waals surface area contributed by atoms with Crippen molar-refractivity contribution >= 4 is 5.91 Å². The zero-order chi connectivity index (χ0) is 69.6. The first-order chi connectivity index (χ1) is 46.8. The molecule has 19 heteroatoms. The lowest BCUT2D eigenvalue weighted by Gasteiger charge is -2.48. The van der Waals surface area contributed by atoms with Crippen LogP contribution in [0.5, 0.6) is 0 Å². The predicted octanol–water partition coefficient (Wildman–Crippen LogP) is 12.6. The highest BCUT2D eigenvalue weighted by atomic mass is 16.8. The van der Waals surface area contributed by atoms with Crippen molar-refractivity contribution in [2.45, 2.75) is 433 Å². The first kappa shape index (κ1) is 88.5. The fourth-order valence-corrected chi connectivity index (χ4v) is 13.6. The zero-order valence-corrected chi connectivity index (χ0v) is 60.4. The van der Waals surface area contributed by atoms with Crippen LogP contribution in [0, 0.1) is 0 Å². The summed E-state index contributed by atoms with van der Waals surface area (Å²) >= 11 is 0. The van der Waals surface area contributed by atoms with Crippen LogP contribution in [0.2, 0.25) is 0 Å². The van der Waals surface area contributed by atoms with Crippen LogP contribution in [0.1, 0.15) is 328 Å². The van der Waals surface area contributed by atoms with Gasteiger partial charge in [0.05, 0.1) is 38.6 Å². The molecule has 3 rings (SSSR count). The summed E-state index contributed by atoms with van der Waals surface area (Å²) in [5.74, 6) is -0.278. The highest BCUT2D eigenvalue weighted by Crippen LogP contribution is 2.33. The second-order valence-corrected chi connectivity index (χ2v) is 28.5. The second kappa shape index (κ2) is 58.7. The van der Waals surface area contributed by atoms with Crippen LogP contribution in [0.4, 0.5) is 0 Å². The van der Waals surface area contributed by atoms with E-state index in [0.29, 0.717) is 12.8 Å². The lowest BCUT2D eigenvalue weighted by atomic mass is 9.96. The van der Waals surface area contributed by atoms with Crippen molar-refractivity contribution in [1.82, 2.24) is 5.32 Å². The zero-order valence-electron chi connectivity index (χ0n) is 60.4. The molecule has 3 aliphatic rings. The molecular weight excluding hydrogens is 1230 g/mol. The Hall–Kier alpha value is -1.73. The van der Waals surface area contributed by atoms with E-state index in [-0.39, 0.29) is 18.9 Å². The number of carbonyl (C=O) groups excluding carboxylic acids is 1. The highest BCUT2D eigenvalue weighted by Gasteiger charge is 2.53. The maximum Gasteiger partial charge on any atom is 0.220 e. The van der Waals surface area contributed by atoms with Gasteiger partial charge in [-0.25, -0.2) is 0 Å². The smallest absolute Gasteiger partial charge is 0.220 e. The lowest BCUT2D eigenvalue weighted by Crippen LogP contribution is -2.66. The molecule has 17 unspecified atom stereocenters. The van der Waals surface area contributed by atoms with Gasteiger partial charge in [-0.2, -0.15) is 0 Å². The number of aliphatic hydroxyl groups excluding tert-OH is 11. The molecule has 0 bridgehead atoms. The van der Waals surface area contributed by atoms with Gasteiger partial charge >= 0.3 is 0 Å². The lowest BCUT2D eigenvalue weighted by molar-refractivity contribution is -0.379. The summed E-state index contributed by atoms with van der Waals surface area (Å²) in [5, 5.41) is 121. The van der Waals surface area contributed by atoms with Gasteiger partial charge in [-0.05, 0) is 32.1 Å². The molecule has 1 amide bonds. The van der Waals surface area contributed by atoms with Crippen LogP contribution in [-0.4, -0.2) is 193 Å². The Morgan fingerprint density at radius 2 is 0.667 bits per heavy atom. The molecule has 0 aromatic heterocycles. The average molecular weight is 1370 g/mol. The number of unbranched alkanes of at least 4 members (excludes halogenated alkanes) is 45. The Balaban J connectivity index is 1.40. The maximum atomic E-state index is 13.5. The minimum Gasteiger partial charge on any atom is -0.394 e. The summed E-state index contributed by atoms with van der Waals surface area (Å²) in [5.41, 5.74) is 0. The number of hydrogen-bond donors (Lipinski definition) is 12. The number of carbonyl (C=O) groups is 1. The molecule has 17 atom stereocenters. The number of ether oxygens (including phenoxy) is 6. The van der Waals surface area contributed by atoms with Crippen molar-refractivity contribution in [3.05, 3.63) is 24.3 Å². The number of amides is 1. The van der Waals surface area contributed by atoms with E-state index in [1.165, 1.54) is 257 Å². The molecule has 0 aromatic rings. The van der Waals surface area contributed by atoms with E-state index >= 15 is 0 Å². The van der Waals surface area contributed by atoms with E-state index in [1.54, 1.807) is 6.08 Å². The predicted molar refractivity (Wildman–Crippen MR) is 379 cm³/mol. The van der Waals surface area contributed by atoms with E-state index in [2.05, 4.69) is 31.3 Å². The third kappa shape index (κ3) is 39.1. The molecule has 19 nitrogen and oxygen atoms in total. The van der Waals surface area contributed by atoms with Crippen LogP contribution in [-0.2, 0) is 33.2 Å².